The van der Waals surface area contributed by atoms with E-state index in [1.54, 1.807) is 0 Å². The second-order valence-electron chi connectivity index (χ2n) is 4.09. The van der Waals surface area contributed by atoms with Crippen molar-refractivity contribution in [2.45, 2.75) is 29.1 Å². The highest BCUT2D eigenvalue weighted by Crippen LogP contribution is 2.89. The molecule has 0 fully saturated rings. The first kappa shape index (κ1) is 25.5. The Bertz CT molecular complexity index is 761. The predicted octanol–water partition coefficient (Wildman–Crippen LogP) is 3.17. The van der Waals surface area contributed by atoms with E-state index in [0.29, 0.717) is 0 Å². The van der Waals surface area contributed by atoms with Gasteiger partial charge in [-0.1, -0.05) is 0 Å². The van der Waals surface area contributed by atoms with Gasteiger partial charge in [0.1, 0.15) is 0 Å². The molecule has 26 heavy (non-hydrogen) atoms. The van der Waals surface area contributed by atoms with Crippen molar-refractivity contribution in [3.63, 3.8) is 0 Å². The van der Waals surface area contributed by atoms with Gasteiger partial charge in [-0.2, -0.15) is 60.4 Å². The summed E-state index contributed by atoms with van der Waals surface area (Å²) >= 11 is 0. The molecule has 0 unspecified atom stereocenters. The minimum Gasteiger partial charge on any atom is -0.185 e. The number of hydrogen-bond donors (Lipinski definition) is 0. The topological polar surface area (TPSA) is 102 Å². The molecule has 0 saturated heterocycles. The molecule has 6 nitrogen and oxygen atoms in total. The SMILES string of the molecule is CC(F)(F)S(=O)(=O)[P+](C(F)(F)F)(S(=O)(=O)C(F)(F)F)S(=O)(=O)C(F)(F)F. The lowest BCUT2D eigenvalue weighted by atomic mass is 10.9. The van der Waals surface area contributed by atoms with Gasteiger partial charge in [-0.3, -0.25) is 0 Å². The molecule has 0 heterocycles. The molecule has 0 spiro atoms. The Morgan fingerprint density at radius 2 is 0.769 bits per heavy atom. The highest BCUT2D eigenvalue weighted by atomic mass is 33.4. The van der Waals surface area contributed by atoms with Gasteiger partial charge in [0.15, 0.2) is 0 Å². The van der Waals surface area contributed by atoms with E-state index >= 15 is 0 Å². The van der Waals surface area contributed by atoms with Crippen molar-refractivity contribution >= 4 is 33.2 Å². The van der Waals surface area contributed by atoms with Crippen LogP contribution < -0.4 is 0 Å². The van der Waals surface area contributed by atoms with Crippen LogP contribution in [0.1, 0.15) is 6.92 Å². The van der Waals surface area contributed by atoms with Crippen LogP contribution in [0.25, 0.3) is 0 Å². The maximum atomic E-state index is 13.0. The molecule has 0 aliphatic heterocycles. The van der Waals surface area contributed by atoms with Crippen molar-refractivity contribution in [3.05, 3.63) is 0 Å². The van der Waals surface area contributed by atoms with Crippen LogP contribution in [-0.2, 0) is 28.4 Å². The first-order valence-corrected chi connectivity index (χ1v) is 13.0. The molecule has 158 valence electrons. The van der Waals surface area contributed by atoms with Crippen molar-refractivity contribution in [2.75, 3.05) is 0 Å². The van der Waals surface area contributed by atoms with E-state index in [0.717, 1.165) is 0 Å². The summed E-state index contributed by atoms with van der Waals surface area (Å²) in [5.74, 6) is -7.94. The first-order chi connectivity index (χ1) is 10.8. The van der Waals surface area contributed by atoms with Crippen LogP contribution in [0.5, 0.6) is 0 Å². The average Bonchev–Trinajstić information content (AvgIpc) is 2.20. The van der Waals surface area contributed by atoms with Crippen molar-refractivity contribution in [3.8, 4) is 0 Å². The summed E-state index contributed by atoms with van der Waals surface area (Å²) in [7, 11) is -26.4. The lowest BCUT2D eigenvalue weighted by Gasteiger charge is -2.28. The molecular weight excluding hydrogens is 492 g/mol. The molecule has 0 radical (unpaired) electrons. The third-order valence-corrected chi connectivity index (χ3v) is 27.3. The summed E-state index contributed by atoms with van der Waals surface area (Å²) in [6, 6.07) is 0. The van der Waals surface area contributed by atoms with Crippen LogP contribution in [0.2, 0.25) is 0 Å². The Labute approximate surface area is 136 Å². The van der Waals surface area contributed by atoms with E-state index in [4.69, 9.17) is 0 Å². The normalized spacial score (nSPS) is 16.6. The zero-order valence-corrected chi connectivity index (χ0v) is 14.6. The van der Waals surface area contributed by atoms with Gasteiger partial charge >= 0.3 is 55.4 Å². The molecule has 0 aromatic rings. The summed E-state index contributed by atoms with van der Waals surface area (Å²) in [5, 5.41) is -6.27. The smallest absolute Gasteiger partial charge is 0.185 e. The van der Waals surface area contributed by atoms with Crippen LogP contribution >= 0.6 is 4.87 Å². The Morgan fingerprint density at radius 3 is 0.885 bits per heavy atom. The molecule has 0 N–H and O–H groups in total. The standard InChI is InChI=1S/C5H3F11O6PS3/c1-2(6,7)24(17,18)23(3(8,9)10,25(19,20)4(11,12)13)26(21,22)5(14,15)16/h1H3/q+1. The zero-order chi connectivity index (χ0) is 22.0. The molecule has 0 aromatic carbocycles. The number of halogens is 11. The van der Waals surface area contributed by atoms with Crippen LogP contribution in [0.4, 0.5) is 48.3 Å². The van der Waals surface area contributed by atoms with Gasteiger partial charge < -0.3 is 0 Å². The van der Waals surface area contributed by atoms with E-state index in [-0.39, 0.29) is 0 Å². The van der Waals surface area contributed by atoms with Crippen LogP contribution in [0.3, 0.4) is 0 Å². The molecule has 21 heteroatoms. The lowest BCUT2D eigenvalue weighted by molar-refractivity contribution is -0.0516. The lowest BCUT2D eigenvalue weighted by Crippen LogP contribution is -2.47. The van der Waals surface area contributed by atoms with E-state index in [2.05, 4.69) is 0 Å². The van der Waals surface area contributed by atoms with Crippen LogP contribution in [0, 0.1) is 0 Å². The van der Waals surface area contributed by atoms with E-state index < -0.39 is 62.4 Å². The molecule has 0 rings (SSSR count). The van der Waals surface area contributed by atoms with Crippen molar-refractivity contribution in [2.24, 2.45) is 0 Å². The Morgan fingerprint density at radius 1 is 0.538 bits per heavy atom. The summed E-state index contributed by atoms with van der Waals surface area (Å²) in [6.07, 6.45) is 0. The second kappa shape index (κ2) is 6.00. The van der Waals surface area contributed by atoms with Gasteiger partial charge in [0.2, 0.25) is 0 Å². The van der Waals surface area contributed by atoms with Gasteiger partial charge in [0.25, 0.3) is 0 Å². The van der Waals surface area contributed by atoms with Crippen LogP contribution in [0.15, 0.2) is 0 Å². The molecule has 0 amide bonds. The monoisotopic (exact) mass is 495 g/mol. The molecule has 0 aromatic heterocycles. The Hall–Kier alpha value is -0.490. The molecule has 0 aliphatic carbocycles. The number of rotatable bonds is 4. The fourth-order valence-electron chi connectivity index (χ4n) is 1.28. The van der Waals surface area contributed by atoms with Gasteiger partial charge in [-0.25, -0.2) is 0 Å². The van der Waals surface area contributed by atoms with Gasteiger partial charge in [0.05, 0.1) is 0 Å². The van der Waals surface area contributed by atoms with E-state index in [1.807, 2.05) is 0 Å². The molecular formula is C5H3F11O6PS3+. The second-order valence-corrected chi connectivity index (χ2v) is 21.4. The predicted molar refractivity (Wildman–Crippen MR) is 62.5 cm³/mol. The quantitative estimate of drug-likeness (QED) is 0.439. The fourth-order valence-corrected chi connectivity index (χ4v) is 23.9. The number of alkyl halides is 11. The Balaban J connectivity index is 8.24. The van der Waals surface area contributed by atoms with E-state index in [9.17, 15) is 73.5 Å². The van der Waals surface area contributed by atoms with E-state index in [1.165, 1.54) is 0 Å². The van der Waals surface area contributed by atoms with Gasteiger partial charge in [-0.05, 0) is 0 Å². The first-order valence-electron chi connectivity index (χ1n) is 4.96. The fraction of sp³-hybridized carbons (Fsp3) is 1.00. The van der Waals surface area contributed by atoms with Crippen molar-refractivity contribution < 1.29 is 73.5 Å². The summed E-state index contributed by atoms with van der Waals surface area (Å²) in [6.45, 7) is -1.21. The maximum absolute atomic E-state index is 13.0. The minimum atomic E-state index is -9.74. The average molecular weight is 495 g/mol. The highest BCUT2D eigenvalue weighted by Gasteiger charge is 3.00. The van der Waals surface area contributed by atoms with Crippen molar-refractivity contribution in [1.82, 2.24) is 0 Å². The maximum Gasteiger partial charge on any atom is 0.559 e. The highest BCUT2D eigenvalue weighted by molar-refractivity contribution is 9.13. The largest absolute Gasteiger partial charge is 0.559 e. The third-order valence-electron chi connectivity index (χ3n) is 2.30. The van der Waals surface area contributed by atoms with Gasteiger partial charge in [-0.15, -0.1) is 13.2 Å². The molecule has 0 bridgehead atoms. The summed E-state index contributed by atoms with van der Waals surface area (Å²) in [4.78, 5) is -9.74. The third kappa shape index (κ3) is 3.05. The summed E-state index contributed by atoms with van der Waals surface area (Å²) < 4.78 is 207. The number of hydrogen-bond acceptors (Lipinski definition) is 6. The molecule has 0 atom stereocenters. The van der Waals surface area contributed by atoms with Crippen LogP contribution in [-0.4, -0.2) is 47.4 Å². The zero-order valence-electron chi connectivity index (χ0n) is 11.3. The van der Waals surface area contributed by atoms with Gasteiger partial charge in [0, 0.05) is 6.92 Å². The van der Waals surface area contributed by atoms with Crippen molar-refractivity contribution in [1.29, 1.82) is 0 Å². The minimum absolute atomic E-state index is 1.21. The molecule has 0 saturated carbocycles. The summed E-state index contributed by atoms with van der Waals surface area (Å²) in [5.41, 5.74) is -15.2. The Kier molecular flexibility index (Phi) is 5.89. The molecule has 0 aliphatic rings.